The van der Waals surface area contributed by atoms with Gasteiger partial charge in [0.25, 0.3) is 0 Å². The van der Waals surface area contributed by atoms with E-state index in [2.05, 4.69) is 24.5 Å². The molecule has 1 saturated carbocycles. The first-order valence-electron chi connectivity index (χ1n) is 8.27. The van der Waals surface area contributed by atoms with E-state index >= 15 is 0 Å². The maximum Gasteiger partial charge on any atom is 0.00817 e. The molecule has 1 saturated heterocycles. The highest BCUT2D eigenvalue weighted by atomic mass is 15.0. The smallest absolute Gasteiger partial charge is 0.00817 e. The van der Waals surface area contributed by atoms with E-state index in [9.17, 15) is 0 Å². The van der Waals surface area contributed by atoms with Crippen LogP contribution in [-0.2, 0) is 0 Å². The van der Waals surface area contributed by atoms with Gasteiger partial charge in [-0.25, -0.2) is 0 Å². The van der Waals surface area contributed by atoms with E-state index in [4.69, 9.17) is 0 Å². The third kappa shape index (κ3) is 4.55. The molecule has 0 bridgehead atoms. The zero-order valence-electron chi connectivity index (χ0n) is 12.4. The first-order valence-corrected chi connectivity index (χ1v) is 8.27. The van der Waals surface area contributed by atoms with Crippen LogP contribution in [0.4, 0.5) is 0 Å². The van der Waals surface area contributed by atoms with Gasteiger partial charge in [-0.1, -0.05) is 19.8 Å². The summed E-state index contributed by atoms with van der Waals surface area (Å²) in [5.41, 5.74) is 0. The number of piperidine rings is 1. The summed E-state index contributed by atoms with van der Waals surface area (Å²) in [5, 5.41) is 7.53. The molecule has 0 aromatic rings. The van der Waals surface area contributed by atoms with E-state index in [0.717, 1.165) is 18.0 Å². The van der Waals surface area contributed by atoms with Crippen molar-refractivity contribution in [3.8, 4) is 0 Å². The van der Waals surface area contributed by atoms with Crippen molar-refractivity contribution in [2.24, 2.45) is 5.92 Å². The van der Waals surface area contributed by atoms with Gasteiger partial charge in [0.05, 0.1) is 0 Å². The molecule has 0 radical (unpaired) electrons. The van der Waals surface area contributed by atoms with Crippen molar-refractivity contribution < 1.29 is 0 Å². The van der Waals surface area contributed by atoms with Gasteiger partial charge in [-0.3, -0.25) is 0 Å². The third-order valence-corrected chi connectivity index (χ3v) is 4.99. The van der Waals surface area contributed by atoms with Gasteiger partial charge in [-0.2, -0.15) is 0 Å². The summed E-state index contributed by atoms with van der Waals surface area (Å²) in [6.07, 6.45) is 12.6. The molecule has 1 aliphatic heterocycles. The average molecular weight is 252 g/mol. The molecular weight excluding hydrogens is 220 g/mol. The Morgan fingerprint density at radius 2 is 1.89 bits per heavy atom. The Morgan fingerprint density at radius 3 is 2.50 bits per heavy atom. The second kappa shape index (κ2) is 7.49. The van der Waals surface area contributed by atoms with Crippen molar-refractivity contribution in [1.82, 2.24) is 10.6 Å². The summed E-state index contributed by atoms with van der Waals surface area (Å²) in [6, 6.07) is 2.25. The van der Waals surface area contributed by atoms with Gasteiger partial charge in [0.1, 0.15) is 0 Å². The van der Waals surface area contributed by atoms with Crippen molar-refractivity contribution in [3.05, 3.63) is 0 Å². The van der Waals surface area contributed by atoms with Gasteiger partial charge in [0.2, 0.25) is 0 Å². The van der Waals surface area contributed by atoms with Gasteiger partial charge < -0.3 is 10.6 Å². The molecule has 2 rings (SSSR count). The molecule has 2 aliphatic rings. The monoisotopic (exact) mass is 252 g/mol. The molecule has 18 heavy (non-hydrogen) atoms. The molecule has 0 spiro atoms. The van der Waals surface area contributed by atoms with E-state index < -0.39 is 0 Å². The molecule has 1 aliphatic carbocycles. The highest BCUT2D eigenvalue weighted by molar-refractivity contribution is 4.82. The molecule has 1 heterocycles. The molecular formula is C16H32N2. The van der Waals surface area contributed by atoms with Crippen LogP contribution >= 0.6 is 0 Å². The average Bonchev–Trinajstić information content (AvgIpc) is 2.40. The van der Waals surface area contributed by atoms with E-state index in [-0.39, 0.29) is 0 Å². The van der Waals surface area contributed by atoms with Crippen LogP contribution in [0.3, 0.4) is 0 Å². The van der Waals surface area contributed by atoms with Crippen molar-refractivity contribution >= 4 is 0 Å². The fourth-order valence-corrected chi connectivity index (χ4v) is 3.76. The SMILES string of the molecule is CCC1CCC(NC(C)CC2CCCCN2)CC1. The normalized spacial score (nSPS) is 35.3. The Hall–Kier alpha value is -0.0800. The second-order valence-corrected chi connectivity index (χ2v) is 6.58. The maximum atomic E-state index is 3.87. The summed E-state index contributed by atoms with van der Waals surface area (Å²) >= 11 is 0. The number of nitrogens with one attached hydrogen (secondary N) is 2. The molecule has 2 unspecified atom stereocenters. The Morgan fingerprint density at radius 1 is 1.11 bits per heavy atom. The minimum atomic E-state index is 0.684. The van der Waals surface area contributed by atoms with Gasteiger partial charge in [-0.05, 0) is 64.3 Å². The fourth-order valence-electron chi connectivity index (χ4n) is 3.76. The van der Waals surface area contributed by atoms with E-state index in [1.54, 1.807) is 0 Å². The minimum absolute atomic E-state index is 0.684. The van der Waals surface area contributed by atoms with Crippen LogP contribution in [0.15, 0.2) is 0 Å². The van der Waals surface area contributed by atoms with Crippen LogP contribution in [0.1, 0.15) is 71.6 Å². The number of hydrogen-bond acceptors (Lipinski definition) is 2. The van der Waals surface area contributed by atoms with Gasteiger partial charge in [-0.15, -0.1) is 0 Å². The first kappa shape index (κ1) is 14.3. The lowest BCUT2D eigenvalue weighted by Gasteiger charge is -2.33. The van der Waals surface area contributed by atoms with Crippen LogP contribution in [0.2, 0.25) is 0 Å². The first-order chi connectivity index (χ1) is 8.78. The highest BCUT2D eigenvalue weighted by Crippen LogP contribution is 2.27. The van der Waals surface area contributed by atoms with Crippen molar-refractivity contribution in [3.63, 3.8) is 0 Å². The molecule has 2 fully saturated rings. The predicted octanol–water partition coefficient (Wildman–Crippen LogP) is 3.47. The molecule has 0 aromatic carbocycles. The van der Waals surface area contributed by atoms with Crippen LogP contribution in [-0.4, -0.2) is 24.7 Å². The van der Waals surface area contributed by atoms with Gasteiger partial charge in [0.15, 0.2) is 0 Å². The predicted molar refractivity (Wildman–Crippen MR) is 78.9 cm³/mol. The van der Waals surface area contributed by atoms with Crippen LogP contribution < -0.4 is 10.6 Å². The van der Waals surface area contributed by atoms with Crippen LogP contribution in [0.5, 0.6) is 0 Å². The standard InChI is InChI=1S/C16H32N2/c1-3-14-7-9-15(10-8-14)18-13(2)12-16-6-4-5-11-17-16/h13-18H,3-12H2,1-2H3. The molecule has 2 N–H and O–H groups in total. The largest absolute Gasteiger partial charge is 0.314 e. The maximum absolute atomic E-state index is 3.87. The highest BCUT2D eigenvalue weighted by Gasteiger charge is 2.22. The third-order valence-electron chi connectivity index (χ3n) is 4.99. The Bertz CT molecular complexity index is 215. The van der Waals surface area contributed by atoms with Crippen LogP contribution in [0.25, 0.3) is 0 Å². The van der Waals surface area contributed by atoms with Crippen molar-refractivity contribution in [2.45, 2.75) is 89.8 Å². The van der Waals surface area contributed by atoms with Crippen molar-refractivity contribution in [2.75, 3.05) is 6.54 Å². The Labute approximate surface area is 113 Å². The summed E-state index contributed by atoms with van der Waals surface area (Å²) in [7, 11) is 0. The number of rotatable bonds is 5. The van der Waals surface area contributed by atoms with E-state index in [1.807, 2.05) is 0 Å². The summed E-state index contributed by atoms with van der Waals surface area (Å²) in [5.74, 6) is 1.01. The quantitative estimate of drug-likeness (QED) is 0.783. The lowest BCUT2D eigenvalue weighted by atomic mass is 9.84. The van der Waals surface area contributed by atoms with Gasteiger partial charge in [0, 0.05) is 18.1 Å². The molecule has 0 aromatic heterocycles. The molecule has 106 valence electrons. The zero-order valence-corrected chi connectivity index (χ0v) is 12.4. The lowest BCUT2D eigenvalue weighted by molar-refractivity contribution is 0.257. The van der Waals surface area contributed by atoms with E-state index in [1.165, 1.54) is 64.3 Å². The Balaban J connectivity index is 1.63. The second-order valence-electron chi connectivity index (χ2n) is 6.58. The molecule has 2 atom stereocenters. The zero-order chi connectivity index (χ0) is 12.8. The molecule has 2 nitrogen and oxygen atoms in total. The van der Waals surface area contributed by atoms with Crippen LogP contribution in [0, 0.1) is 5.92 Å². The molecule has 2 heteroatoms. The summed E-state index contributed by atoms with van der Waals surface area (Å²) in [6.45, 7) is 5.96. The summed E-state index contributed by atoms with van der Waals surface area (Å²) < 4.78 is 0. The lowest BCUT2D eigenvalue weighted by Crippen LogP contribution is -2.44. The van der Waals surface area contributed by atoms with Gasteiger partial charge >= 0.3 is 0 Å². The topological polar surface area (TPSA) is 24.1 Å². The van der Waals surface area contributed by atoms with Crippen molar-refractivity contribution in [1.29, 1.82) is 0 Å². The Kier molecular flexibility index (Phi) is 5.97. The molecule has 0 amide bonds. The summed E-state index contributed by atoms with van der Waals surface area (Å²) in [4.78, 5) is 0. The number of hydrogen-bond donors (Lipinski definition) is 2. The minimum Gasteiger partial charge on any atom is -0.314 e. The fraction of sp³-hybridized carbons (Fsp3) is 1.00. The van der Waals surface area contributed by atoms with E-state index in [0.29, 0.717) is 6.04 Å².